The first-order valence-electron chi connectivity index (χ1n) is 10.5. The smallest absolute Gasteiger partial charge is 0.410 e. The Kier molecular flexibility index (Phi) is 6.51. The van der Waals surface area contributed by atoms with E-state index in [9.17, 15) is 20.6 Å². The van der Waals surface area contributed by atoms with Crippen molar-refractivity contribution in [2.75, 3.05) is 19.7 Å². The van der Waals surface area contributed by atoms with Crippen molar-refractivity contribution >= 4 is 11.8 Å². The molecule has 1 fully saturated rings. The van der Waals surface area contributed by atoms with Crippen LogP contribution >= 0.6 is 0 Å². The number of nitrogens with zero attached hydrogens (tertiary/aromatic N) is 4. The summed E-state index contributed by atoms with van der Waals surface area (Å²) in [5.41, 5.74) is -0.705. The van der Waals surface area contributed by atoms with Gasteiger partial charge in [-0.1, -0.05) is 18.2 Å². The quantitative estimate of drug-likeness (QED) is 0.721. The number of nitrogens with one attached hydrogen (secondary N) is 1. The minimum absolute atomic E-state index is 0.0107. The summed E-state index contributed by atoms with van der Waals surface area (Å²) in [6.07, 6.45) is 1.26. The van der Waals surface area contributed by atoms with Crippen LogP contribution in [-0.2, 0) is 4.74 Å². The van der Waals surface area contributed by atoms with Crippen molar-refractivity contribution < 1.29 is 14.3 Å². The van der Waals surface area contributed by atoms with Gasteiger partial charge >= 0.3 is 6.09 Å². The fourth-order valence-electron chi connectivity index (χ4n) is 4.57. The van der Waals surface area contributed by atoms with E-state index in [1.807, 2.05) is 26.0 Å². The minimum Gasteiger partial charge on any atom is -0.491 e. The van der Waals surface area contributed by atoms with Crippen LogP contribution in [0, 0.1) is 56.7 Å². The van der Waals surface area contributed by atoms with Gasteiger partial charge in [0, 0.05) is 24.9 Å². The lowest BCUT2D eigenvalue weighted by atomic mass is 9.54. The number of amides is 1. The van der Waals surface area contributed by atoms with Crippen LogP contribution in [0.25, 0.3) is 0 Å². The van der Waals surface area contributed by atoms with Crippen molar-refractivity contribution in [1.29, 1.82) is 21.2 Å². The highest BCUT2D eigenvalue weighted by molar-refractivity contribution is 6.01. The summed E-state index contributed by atoms with van der Waals surface area (Å²) in [6.45, 7) is 6.21. The lowest BCUT2D eigenvalue weighted by Gasteiger charge is -2.47. The monoisotopic (exact) mass is 431 g/mol. The van der Waals surface area contributed by atoms with E-state index in [1.54, 1.807) is 37.3 Å². The van der Waals surface area contributed by atoms with E-state index >= 15 is 0 Å². The van der Waals surface area contributed by atoms with Gasteiger partial charge in [-0.05, 0) is 44.0 Å². The Morgan fingerprint density at radius 3 is 2.44 bits per heavy atom. The maximum atomic E-state index is 12.4. The van der Waals surface area contributed by atoms with E-state index in [4.69, 9.17) is 14.9 Å². The fraction of sp³-hybridized carbons (Fsp3) is 0.458. The van der Waals surface area contributed by atoms with Gasteiger partial charge in [0.05, 0.1) is 36.6 Å². The standard InChI is InChI=1S/C24H25N5O3/c1-4-31-23(30)29-10-9-18-19(11-25)22(28)24(13-26,14-27)21(20(18)12-29)16-5-7-17(8-6-16)32-15(2)3/h5-9,15,19-21,28H,4,10,12H2,1-3H3/t19?,20-,21-/m1/s1. The number of nitriles is 3. The minimum atomic E-state index is -1.83. The largest absolute Gasteiger partial charge is 0.491 e. The molecule has 1 aliphatic heterocycles. The third-order valence-corrected chi connectivity index (χ3v) is 5.93. The maximum absolute atomic E-state index is 12.4. The molecule has 0 saturated heterocycles. The van der Waals surface area contributed by atoms with E-state index in [1.165, 1.54) is 4.90 Å². The van der Waals surface area contributed by atoms with E-state index in [0.717, 1.165) is 0 Å². The molecular weight excluding hydrogens is 406 g/mol. The molecule has 32 heavy (non-hydrogen) atoms. The molecule has 8 heteroatoms. The van der Waals surface area contributed by atoms with Gasteiger partial charge in [-0.3, -0.25) is 0 Å². The molecule has 1 aliphatic carbocycles. The van der Waals surface area contributed by atoms with Crippen LogP contribution in [0.1, 0.15) is 32.3 Å². The molecule has 0 spiro atoms. The van der Waals surface area contributed by atoms with Gasteiger partial charge in [-0.25, -0.2) is 4.79 Å². The molecule has 1 amide bonds. The Hall–Kier alpha value is -3.83. The summed E-state index contributed by atoms with van der Waals surface area (Å²) >= 11 is 0. The number of hydrogen-bond acceptors (Lipinski definition) is 7. The van der Waals surface area contributed by atoms with Crippen molar-refractivity contribution in [3.63, 3.8) is 0 Å². The molecular formula is C24H25N5O3. The second-order valence-corrected chi connectivity index (χ2v) is 8.14. The molecule has 0 bridgehead atoms. The van der Waals surface area contributed by atoms with Crippen molar-refractivity contribution in [3.05, 3.63) is 41.5 Å². The predicted molar refractivity (Wildman–Crippen MR) is 116 cm³/mol. The molecule has 1 aromatic carbocycles. The van der Waals surface area contributed by atoms with Crippen LogP contribution < -0.4 is 4.74 Å². The molecule has 1 heterocycles. The van der Waals surface area contributed by atoms with Crippen LogP contribution in [0.2, 0.25) is 0 Å². The Labute approximate surface area is 187 Å². The summed E-state index contributed by atoms with van der Waals surface area (Å²) in [6, 6.07) is 13.3. The second-order valence-electron chi connectivity index (χ2n) is 8.14. The number of hydrogen-bond donors (Lipinski definition) is 1. The number of fused-ring (bicyclic) bond motifs is 1. The predicted octanol–water partition coefficient (Wildman–Crippen LogP) is 3.78. The first kappa shape index (κ1) is 22.8. The molecule has 3 rings (SSSR count). The zero-order chi connectivity index (χ0) is 23.5. The van der Waals surface area contributed by atoms with Crippen molar-refractivity contribution in [1.82, 2.24) is 4.90 Å². The molecule has 0 radical (unpaired) electrons. The molecule has 164 valence electrons. The van der Waals surface area contributed by atoms with Crippen LogP contribution in [0.5, 0.6) is 5.75 Å². The summed E-state index contributed by atoms with van der Waals surface area (Å²) in [4.78, 5) is 13.9. The Bertz CT molecular complexity index is 1040. The van der Waals surface area contributed by atoms with Gasteiger partial charge in [0.25, 0.3) is 0 Å². The zero-order valence-corrected chi connectivity index (χ0v) is 18.3. The molecule has 8 nitrogen and oxygen atoms in total. The van der Waals surface area contributed by atoms with Crippen molar-refractivity contribution in [3.8, 4) is 24.0 Å². The normalized spacial score (nSPS) is 23.8. The topological polar surface area (TPSA) is 134 Å². The highest BCUT2D eigenvalue weighted by Gasteiger charge is 2.58. The number of rotatable bonds is 4. The SMILES string of the molecule is CCOC(=O)N1CC=C2C(C#N)C(=N)C(C#N)(C#N)[C@H](c3ccc(OC(C)C)cc3)[C@@H]2C1. The molecule has 3 atom stereocenters. The van der Waals surface area contributed by atoms with E-state index in [0.29, 0.717) is 16.9 Å². The molecule has 1 unspecified atom stereocenters. The van der Waals surface area contributed by atoms with E-state index in [-0.39, 0.29) is 31.5 Å². The van der Waals surface area contributed by atoms with Crippen molar-refractivity contribution in [2.24, 2.45) is 17.3 Å². The van der Waals surface area contributed by atoms with Crippen LogP contribution in [0.15, 0.2) is 35.9 Å². The molecule has 1 saturated carbocycles. The average molecular weight is 431 g/mol. The Balaban J connectivity index is 2.13. The number of benzene rings is 1. The first-order chi connectivity index (χ1) is 15.3. The lowest BCUT2D eigenvalue weighted by Crippen LogP contribution is -2.53. The second kappa shape index (κ2) is 9.12. The van der Waals surface area contributed by atoms with Gasteiger partial charge < -0.3 is 19.8 Å². The number of ether oxygens (including phenoxy) is 2. The number of carbonyl (C=O) groups excluding carboxylic acids is 1. The molecule has 2 aliphatic rings. The summed E-state index contributed by atoms with van der Waals surface area (Å²) in [7, 11) is 0. The summed E-state index contributed by atoms with van der Waals surface area (Å²) in [5, 5.41) is 38.7. The molecule has 0 aromatic heterocycles. The lowest BCUT2D eigenvalue weighted by molar-refractivity contribution is 0.0992. The van der Waals surface area contributed by atoms with Gasteiger partial charge in [0.15, 0.2) is 5.41 Å². The van der Waals surface area contributed by atoms with Crippen molar-refractivity contribution in [2.45, 2.75) is 32.8 Å². The van der Waals surface area contributed by atoms with E-state index < -0.39 is 29.3 Å². The summed E-state index contributed by atoms with van der Waals surface area (Å²) < 4.78 is 10.8. The van der Waals surface area contributed by atoms with Crippen LogP contribution in [0.4, 0.5) is 4.79 Å². The van der Waals surface area contributed by atoms with Gasteiger partial charge in [-0.15, -0.1) is 0 Å². The van der Waals surface area contributed by atoms with E-state index in [2.05, 4.69) is 6.07 Å². The first-order valence-corrected chi connectivity index (χ1v) is 10.5. The zero-order valence-electron chi connectivity index (χ0n) is 18.3. The average Bonchev–Trinajstić information content (AvgIpc) is 2.78. The highest BCUT2D eigenvalue weighted by atomic mass is 16.6. The fourth-order valence-corrected chi connectivity index (χ4v) is 4.57. The molecule has 1 N–H and O–H groups in total. The highest BCUT2D eigenvalue weighted by Crippen LogP contribution is 2.53. The third kappa shape index (κ3) is 3.79. The van der Waals surface area contributed by atoms with Crippen LogP contribution in [0.3, 0.4) is 0 Å². The summed E-state index contributed by atoms with van der Waals surface area (Å²) in [5.74, 6) is -1.55. The maximum Gasteiger partial charge on any atom is 0.410 e. The Morgan fingerprint density at radius 1 is 1.25 bits per heavy atom. The third-order valence-electron chi connectivity index (χ3n) is 5.93. The Morgan fingerprint density at radius 2 is 1.91 bits per heavy atom. The van der Waals surface area contributed by atoms with Crippen LogP contribution in [-0.4, -0.2) is 42.5 Å². The number of carbonyl (C=O) groups is 1. The van der Waals surface area contributed by atoms with Gasteiger partial charge in [-0.2, -0.15) is 15.8 Å². The van der Waals surface area contributed by atoms with Gasteiger partial charge in [0.2, 0.25) is 0 Å². The van der Waals surface area contributed by atoms with Gasteiger partial charge in [0.1, 0.15) is 11.7 Å². The molecule has 1 aromatic rings.